The molecule has 0 N–H and O–H groups in total. The van der Waals surface area contributed by atoms with Gasteiger partial charge >= 0.3 is 0 Å². The molecule has 1 aromatic heterocycles. The predicted octanol–water partition coefficient (Wildman–Crippen LogP) is 2.89. The maximum atomic E-state index is 13.9. The van der Waals surface area contributed by atoms with Gasteiger partial charge in [0.05, 0.1) is 17.4 Å². The largest absolute Gasteiger partial charge is 0.334 e. The summed E-state index contributed by atoms with van der Waals surface area (Å²) in [5, 5.41) is 0. The van der Waals surface area contributed by atoms with Gasteiger partial charge in [-0.1, -0.05) is 18.2 Å². The van der Waals surface area contributed by atoms with E-state index in [9.17, 15) is 9.18 Å². The van der Waals surface area contributed by atoms with Gasteiger partial charge in [0.2, 0.25) is 5.91 Å². The molecule has 3 rings (SSSR count). The molecule has 5 heteroatoms. The van der Waals surface area contributed by atoms with E-state index in [2.05, 4.69) is 9.97 Å². The van der Waals surface area contributed by atoms with Crippen LogP contribution in [0.1, 0.15) is 42.8 Å². The highest BCUT2D eigenvalue weighted by atomic mass is 19.1. The molecule has 1 aromatic carbocycles. The number of hydrogen-bond acceptors (Lipinski definition) is 3. The zero-order valence-corrected chi connectivity index (χ0v) is 12.5. The molecule has 0 unspecified atom stereocenters. The van der Waals surface area contributed by atoms with Crippen LogP contribution in [0.4, 0.5) is 4.39 Å². The fraction of sp³-hybridized carbons (Fsp3) is 0.353. The van der Waals surface area contributed by atoms with Crippen molar-refractivity contribution in [3.63, 3.8) is 0 Å². The first-order chi connectivity index (χ1) is 10.7. The Labute approximate surface area is 129 Å². The van der Waals surface area contributed by atoms with E-state index in [0.717, 1.165) is 30.8 Å². The summed E-state index contributed by atoms with van der Waals surface area (Å²) in [6, 6.07) is 6.64. The minimum atomic E-state index is -0.242. The van der Waals surface area contributed by atoms with Crippen molar-refractivity contribution in [3.05, 3.63) is 59.4 Å². The fourth-order valence-electron chi connectivity index (χ4n) is 3.04. The minimum absolute atomic E-state index is 0.0463. The molecule has 1 aliphatic heterocycles. The molecule has 2 aromatic rings. The predicted molar refractivity (Wildman–Crippen MR) is 80.6 cm³/mol. The molecular formula is C17H18FN3O. The molecule has 0 radical (unpaired) electrons. The molecule has 1 saturated heterocycles. The zero-order chi connectivity index (χ0) is 15.5. The van der Waals surface area contributed by atoms with Gasteiger partial charge in [0.15, 0.2) is 0 Å². The van der Waals surface area contributed by atoms with Gasteiger partial charge in [-0.2, -0.15) is 0 Å². The Morgan fingerprint density at radius 2 is 2.09 bits per heavy atom. The molecule has 0 bridgehead atoms. The number of likely N-dealkylation sites (tertiary alicyclic amines) is 1. The van der Waals surface area contributed by atoms with Crippen LogP contribution in [0.2, 0.25) is 0 Å². The normalized spacial score (nSPS) is 17.7. The van der Waals surface area contributed by atoms with Gasteiger partial charge in [-0.25, -0.2) is 4.39 Å². The Bertz CT molecular complexity index is 689. The number of amides is 1. The molecule has 22 heavy (non-hydrogen) atoms. The highest BCUT2D eigenvalue weighted by Crippen LogP contribution is 2.32. The van der Waals surface area contributed by atoms with Crippen molar-refractivity contribution in [1.29, 1.82) is 0 Å². The highest BCUT2D eigenvalue weighted by Gasteiger charge is 2.31. The lowest BCUT2D eigenvalue weighted by Crippen LogP contribution is -2.29. The second kappa shape index (κ2) is 6.22. The molecule has 0 aliphatic carbocycles. The molecule has 0 saturated carbocycles. The summed E-state index contributed by atoms with van der Waals surface area (Å²) in [5.74, 6) is -0.195. The van der Waals surface area contributed by atoms with E-state index in [1.807, 2.05) is 11.0 Å². The van der Waals surface area contributed by atoms with Crippen LogP contribution in [0.15, 0.2) is 36.7 Å². The average Bonchev–Trinajstić information content (AvgIpc) is 3.00. The Morgan fingerprint density at radius 1 is 1.32 bits per heavy atom. The molecule has 1 aliphatic rings. The lowest BCUT2D eigenvalue weighted by Gasteiger charge is -2.24. The van der Waals surface area contributed by atoms with E-state index >= 15 is 0 Å². The van der Waals surface area contributed by atoms with Crippen LogP contribution in [0, 0.1) is 5.82 Å². The average molecular weight is 299 g/mol. The summed E-state index contributed by atoms with van der Waals surface area (Å²) in [5.41, 5.74) is 2.13. The van der Waals surface area contributed by atoms with E-state index in [1.165, 1.54) is 6.07 Å². The minimum Gasteiger partial charge on any atom is -0.334 e. The Kier molecular flexibility index (Phi) is 4.13. The summed E-state index contributed by atoms with van der Waals surface area (Å²) in [7, 11) is 0. The fourth-order valence-corrected chi connectivity index (χ4v) is 3.04. The molecule has 1 amide bonds. The van der Waals surface area contributed by atoms with Crippen LogP contribution in [-0.4, -0.2) is 27.3 Å². The van der Waals surface area contributed by atoms with Crippen molar-refractivity contribution in [1.82, 2.24) is 14.9 Å². The summed E-state index contributed by atoms with van der Waals surface area (Å²) in [4.78, 5) is 22.4. The van der Waals surface area contributed by atoms with Crippen molar-refractivity contribution in [2.24, 2.45) is 0 Å². The van der Waals surface area contributed by atoms with Crippen molar-refractivity contribution in [3.8, 4) is 0 Å². The second-order valence-corrected chi connectivity index (χ2v) is 5.53. The number of rotatable bonds is 3. The Balaban J connectivity index is 1.93. The summed E-state index contributed by atoms with van der Waals surface area (Å²) in [6.07, 6.45) is 5.48. The van der Waals surface area contributed by atoms with Gasteiger partial charge in [-0.15, -0.1) is 0 Å². The van der Waals surface area contributed by atoms with Crippen molar-refractivity contribution >= 4 is 5.91 Å². The first kappa shape index (κ1) is 14.6. The van der Waals surface area contributed by atoms with Gasteiger partial charge < -0.3 is 4.90 Å². The number of benzene rings is 1. The van der Waals surface area contributed by atoms with Gasteiger partial charge in [-0.3, -0.25) is 14.8 Å². The second-order valence-electron chi connectivity index (χ2n) is 5.53. The van der Waals surface area contributed by atoms with Crippen molar-refractivity contribution in [2.45, 2.75) is 32.2 Å². The number of halogens is 1. The Hall–Kier alpha value is -2.30. The molecule has 114 valence electrons. The molecule has 0 spiro atoms. The molecule has 4 nitrogen and oxygen atoms in total. The zero-order valence-electron chi connectivity index (χ0n) is 12.5. The highest BCUT2D eigenvalue weighted by molar-refractivity contribution is 5.74. The third kappa shape index (κ3) is 2.84. The molecular weight excluding hydrogens is 281 g/mol. The van der Waals surface area contributed by atoms with Gasteiger partial charge in [-0.05, 0) is 24.5 Å². The monoisotopic (exact) mass is 299 g/mol. The van der Waals surface area contributed by atoms with Crippen LogP contribution in [0.3, 0.4) is 0 Å². The topological polar surface area (TPSA) is 46.1 Å². The molecule has 1 atom stereocenters. The van der Waals surface area contributed by atoms with Crippen LogP contribution in [0.5, 0.6) is 0 Å². The SMILES string of the molecule is CC(=O)N1CCC[C@H]1c1nccnc1Cc1ccccc1F. The first-order valence-electron chi connectivity index (χ1n) is 7.47. The number of carbonyl (C=O) groups is 1. The quantitative estimate of drug-likeness (QED) is 0.875. The number of aromatic nitrogens is 2. The lowest BCUT2D eigenvalue weighted by molar-refractivity contribution is -0.129. The van der Waals surface area contributed by atoms with Gasteiger partial charge in [0, 0.05) is 32.3 Å². The third-order valence-corrected chi connectivity index (χ3v) is 4.09. The summed E-state index contributed by atoms with van der Waals surface area (Å²) >= 11 is 0. The van der Waals surface area contributed by atoms with Gasteiger partial charge in [0.1, 0.15) is 5.82 Å². The van der Waals surface area contributed by atoms with Crippen LogP contribution in [-0.2, 0) is 11.2 Å². The lowest BCUT2D eigenvalue weighted by atomic mass is 10.0. The molecule has 1 fully saturated rings. The van der Waals surface area contributed by atoms with E-state index in [-0.39, 0.29) is 17.8 Å². The summed E-state index contributed by atoms with van der Waals surface area (Å²) in [6.45, 7) is 2.32. The van der Waals surface area contributed by atoms with E-state index in [4.69, 9.17) is 0 Å². The van der Waals surface area contributed by atoms with Crippen molar-refractivity contribution < 1.29 is 9.18 Å². The van der Waals surface area contributed by atoms with Crippen molar-refractivity contribution in [2.75, 3.05) is 6.54 Å². The summed E-state index contributed by atoms with van der Waals surface area (Å²) < 4.78 is 13.9. The standard InChI is InChI=1S/C17H18FN3O/c1-12(22)21-10-4-7-16(21)17-15(19-8-9-20-17)11-13-5-2-3-6-14(13)18/h2-3,5-6,8-9,16H,4,7,10-11H2,1H3/t16-/m0/s1. The number of nitrogens with zero attached hydrogens (tertiary/aromatic N) is 3. The van der Waals surface area contributed by atoms with E-state index in [0.29, 0.717) is 12.0 Å². The number of hydrogen-bond donors (Lipinski definition) is 0. The maximum absolute atomic E-state index is 13.9. The van der Waals surface area contributed by atoms with Crippen LogP contribution >= 0.6 is 0 Å². The molecule has 2 heterocycles. The third-order valence-electron chi connectivity index (χ3n) is 4.09. The van der Waals surface area contributed by atoms with E-state index in [1.54, 1.807) is 31.5 Å². The van der Waals surface area contributed by atoms with Gasteiger partial charge in [0.25, 0.3) is 0 Å². The maximum Gasteiger partial charge on any atom is 0.220 e. The van der Waals surface area contributed by atoms with Crippen LogP contribution < -0.4 is 0 Å². The smallest absolute Gasteiger partial charge is 0.220 e. The van der Waals surface area contributed by atoms with E-state index < -0.39 is 0 Å². The number of carbonyl (C=O) groups excluding carboxylic acids is 1. The van der Waals surface area contributed by atoms with Crippen LogP contribution in [0.25, 0.3) is 0 Å². The first-order valence-corrected chi connectivity index (χ1v) is 7.47. The Morgan fingerprint density at radius 3 is 2.86 bits per heavy atom.